The number of ether oxygens (including phenoxy) is 1. The Morgan fingerprint density at radius 3 is 2.71 bits per heavy atom. The van der Waals surface area contributed by atoms with Crippen molar-refractivity contribution >= 4 is 5.69 Å². The lowest BCUT2D eigenvalue weighted by Crippen LogP contribution is -2.44. The number of benzene rings is 1. The van der Waals surface area contributed by atoms with Crippen LogP contribution in [0.3, 0.4) is 0 Å². The smallest absolute Gasteiger partial charge is 0.147 e. The summed E-state index contributed by atoms with van der Waals surface area (Å²) in [7, 11) is 2.15. The molecule has 124 valence electrons. The molecule has 0 N–H and O–H groups in total. The summed E-state index contributed by atoms with van der Waals surface area (Å²) >= 11 is 0. The van der Waals surface area contributed by atoms with Crippen LogP contribution in [0.1, 0.15) is 18.2 Å². The minimum Gasteiger partial charge on any atom is -0.457 e. The SMILES string of the molecule is CCc1c(Oc2cccc(N3CCN(C)CC3)c2)ccnc1C#N. The van der Waals surface area contributed by atoms with E-state index in [2.05, 4.69) is 40.0 Å². The largest absolute Gasteiger partial charge is 0.457 e. The Morgan fingerprint density at radius 2 is 2.00 bits per heavy atom. The molecule has 0 aliphatic carbocycles. The van der Waals surface area contributed by atoms with Crippen LogP contribution in [0, 0.1) is 11.3 Å². The maximum atomic E-state index is 9.20. The summed E-state index contributed by atoms with van der Waals surface area (Å²) in [6, 6.07) is 12.1. The average Bonchev–Trinajstić information content (AvgIpc) is 2.62. The molecule has 5 heteroatoms. The Labute approximate surface area is 143 Å². The molecule has 1 aromatic carbocycles. The van der Waals surface area contributed by atoms with Gasteiger partial charge in [0.1, 0.15) is 23.3 Å². The highest BCUT2D eigenvalue weighted by Crippen LogP contribution is 2.29. The van der Waals surface area contributed by atoms with Crippen molar-refractivity contribution in [3.8, 4) is 17.6 Å². The molecule has 0 unspecified atom stereocenters. The first-order valence-electron chi connectivity index (χ1n) is 8.30. The summed E-state index contributed by atoms with van der Waals surface area (Å²) in [5.74, 6) is 1.50. The van der Waals surface area contributed by atoms with E-state index in [0.29, 0.717) is 17.9 Å². The molecule has 1 fully saturated rings. The molecule has 1 aliphatic rings. The lowest BCUT2D eigenvalue weighted by Gasteiger charge is -2.34. The highest BCUT2D eigenvalue weighted by atomic mass is 16.5. The van der Waals surface area contributed by atoms with Crippen molar-refractivity contribution in [2.75, 3.05) is 38.1 Å². The van der Waals surface area contributed by atoms with Crippen LogP contribution in [-0.4, -0.2) is 43.1 Å². The number of hydrogen-bond donors (Lipinski definition) is 0. The topological polar surface area (TPSA) is 52.4 Å². The molecular formula is C19H22N4O. The average molecular weight is 322 g/mol. The van der Waals surface area contributed by atoms with Crippen molar-refractivity contribution < 1.29 is 4.74 Å². The van der Waals surface area contributed by atoms with Crippen LogP contribution in [0.15, 0.2) is 36.5 Å². The van der Waals surface area contributed by atoms with E-state index in [1.54, 1.807) is 6.20 Å². The van der Waals surface area contributed by atoms with Crippen LogP contribution in [0.4, 0.5) is 5.69 Å². The van der Waals surface area contributed by atoms with Gasteiger partial charge in [0, 0.05) is 49.7 Å². The van der Waals surface area contributed by atoms with Crippen molar-refractivity contribution in [2.24, 2.45) is 0 Å². The van der Waals surface area contributed by atoms with Crippen LogP contribution in [0.25, 0.3) is 0 Å². The third-order valence-corrected chi connectivity index (χ3v) is 4.39. The minimum atomic E-state index is 0.435. The third kappa shape index (κ3) is 3.50. The second-order valence-corrected chi connectivity index (χ2v) is 5.99. The molecule has 1 saturated heterocycles. The fourth-order valence-electron chi connectivity index (χ4n) is 2.94. The molecule has 2 heterocycles. The number of pyridine rings is 1. The maximum Gasteiger partial charge on any atom is 0.147 e. The van der Waals surface area contributed by atoms with Crippen molar-refractivity contribution in [3.63, 3.8) is 0 Å². The van der Waals surface area contributed by atoms with Crippen molar-refractivity contribution in [3.05, 3.63) is 47.8 Å². The van der Waals surface area contributed by atoms with Gasteiger partial charge in [-0.25, -0.2) is 4.98 Å². The first-order chi connectivity index (χ1) is 11.7. The van der Waals surface area contributed by atoms with Gasteiger partial charge in [0.15, 0.2) is 0 Å². The van der Waals surface area contributed by atoms with Crippen LogP contribution in [0.2, 0.25) is 0 Å². The Kier molecular flexibility index (Phi) is 4.97. The number of rotatable bonds is 4. The molecule has 0 spiro atoms. The summed E-state index contributed by atoms with van der Waals surface area (Å²) < 4.78 is 6.07. The quantitative estimate of drug-likeness (QED) is 0.866. The Morgan fingerprint density at radius 1 is 1.21 bits per heavy atom. The van der Waals surface area contributed by atoms with E-state index in [4.69, 9.17) is 4.74 Å². The standard InChI is InChI=1S/C19H22N4O/c1-3-17-18(14-20)21-8-7-19(17)24-16-6-4-5-15(13-16)23-11-9-22(2)10-12-23/h4-8,13H,3,9-12H2,1-2H3. The van der Waals surface area contributed by atoms with Gasteiger partial charge in [0.05, 0.1) is 0 Å². The number of hydrogen-bond acceptors (Lipinski definition) is 5. The predicted octanol–water partition coefficient (Wildman–Crippen LogP) is 3.06. The number of nitriles is 1. The van der Waals surface area contributed by atoms with Crippen LogP contribution < -0.4 is 9.64 Å². The maximum absolute atomic E-state index is 9.20. The summed E-state index contributed by atoms with van der Waals surface area (Å²) in [5, 5.41) is 9.20. The first kappa shape index (κ1) is 16.3. The summed E-state index contributed by atoms with van der Waals surface area (Å²) in [6.45, 7) is 6.19. The number of anilines is 1. The van der Waals surface area contributed by atoms with Gasteiger partial charge in [-0.1, -0.05) is 13.0 Å². The highest BCUT2D eigenvalue weighted by Gasteiger charge is 2.15. The predicted molar refractivity (Wildman–Crippen MR) is 94.6 cm³/mol. The molecule has 0 saturated carbocycles. The first-order valence-corrected chi connectivity index (χ1v) is 8.30. The minimum absolute atomic E-state index is 0.435. The van der Waals surface area contributed by atoms with E-state index in [1.807, 2.05) is 25.1 Å². The normalized spacial score (nSPS) is 15.1. The molecular weight excluding hydrogens is 300 g/mol. The molecule has 2 aromatic rings. The van der Waals surface area contributed by atoms with Gasteiger partial charge in [-0.2, -0.15) is 5.26 Å². The van der Waals surface area contributed by atoms with Gasteiger partial charge in [-0.05, 0) is 31.7 Å². The molecule has 0 bridgehead atoms. The molecule has 3 rings (SSSR count). The monoisotopic (exact) mass is 322 g/mol. The van der Waals surface area contributed by atoms with E-state index >= 15 is 0 Å². The fraction of sp³-hybridized carbons (Fsp3) is 0.368. The third-order valence-electron chi connectivity index (χ3n) is 4.39. The lowest BCUT2D eigenvalue weighted by molar-refractivity contribution is 0.313. The van der Waals surface area contributed by atoms with Gasteiger partial charge in [0.2, 0.25) is 0 Å². The fourth-order valence-corrected chi connectivity index (χ4v) is 2.94. The molecule has 1 aliphatic heterocycles. The van der Waals surface area contributed by atoms with E-state index < -0.39 is 0 Å². The zero-order valence-electron chi connectivity index (χ0n) is 14.2. The number of aromatic nitrogens is 1. The summed E-state index contributed by atoms with van der Waals surface area (Å²) in [5.41, 5.74) is 2.46. The Bertz CT molecular complexity index is 745. The van der Waals surface area contributed by atoms with E-state index in [-0.39, 0.29) is 0 Å². The molecule has 0 atom stereocenters. The zero-order valence-corrected chi connectivity index (χ0v) is 14.2. The molecule has 0 radical (unpaired) electrons. The number of likely N-dealkylation sites (N-methyl/N-ethyl adjacent to an activating group) is 1. The highest BCUT2D eigenvalue weighted by molar-refractivity contribution is 5.53. The second-order valence-electron chi connectivity index (χ2n) is 5.99. The van der Waals surface area contributed by atoms with E-state index in [9.17, 15) is 5.26 Å². The van der Waals surface area contributed by atoms with Crippen LogP contribution in [-0.2, 0) is 6.42 Å². The molecule has 5 nitrogen and oxygen atoms in total. The molecule has 1 aromatic heterocycles. The number of piperazine rings is 1. The van der Waals surface area contributed by atoms with E-state index in [1.165, 1.54) is 5.69 Å². The van der Waals surface area contributed by atoms with Crippen LogP contribution in [0.5, 0.6) is 11.5 Å². The van der Waals surface area contributed by atoms with Crippen molar-refractivity contribution in [1.82, 2.24) is 9.88 Å². The Balaban J connectivity index is 1.82. The van der Waals surface area contributed by atoms with Gasteiger partial charge in [-0.3, -0.25) is 0 Å². The van der Waals surface area contributed by atoms with Crippen molar-refractivity contribution in [1.29, 1.82) is 5.26 Å². The van der Waals surface area contributed by atoms with Crippen LogP contribution >= 0.6 is 0 Å². The number of nitrogens with zero attached hydrogens (tertiary/aromatic N) is 4. The lowest BCUT2D eigenvalue weighted by atomic mass is 10.1. The van der Waals surface area contributed by atoms with E-state index in [0.717, 1.165) is 37.5 Å². The van der Waals surface area contributed by atoms with Gasteiger partial charge >= 0.3 is 0 Å². The summed E-state index contributed by atoms with van der Waals surface area (Å²) in [6.07, 6.45) is 2.33. The summed E-state index contributed by atoms with van der Waals surface area (Å²) in [4.78, 5) is 8.83. The molecule has 24 heavy (non-hydrogen) atoms. The second kappa shape index (κ2) is 7.33. The van der Waals surface area contributed by atoms with Gasteiger partial charge in [-0.15, -0.1) is 0 Å². The Hall–Kier alpha value is -2.58. The molecule has 0 amide bonds. The van der Waals surface area contributed by atoms with Gasteiger partial charge < -0.3 is 14.5 Å². The van der Waals surface area contributed by atoms with Gasteiger partial charge in [0.25, 0.3) is 0 Å². The zero-order chi connectivity index (χ0) is 16.9. The van der Waals surface area contributed by atoms with Crippen molar-refractivity contribution in [2.45, 2.75) is 13.3 Å².